The Morgan fingerprint density at radius 3 is 2.51 bits per heavy atom. The van der Waals surface area contributed by atoms with Crippen molar-refractivity contribution >= 4 is 24.9 Å². The summed E-state index contributed by atoms with van der Waals surface area (Å²) in [6.45, 7) is 6.38. The minimum atomic E-state index is -3.94. The van der Waals surface area contributed by atoms with Crippen LogP contribution in [0, 0.1) is 5.92 Å². The van der Waals surface area contributed by atoms with Gasteiger partial charge in [-0.15, -0.1) is 0 Å². The predicted molar refractivity (Wildman–Crippen MR) is 144 cm³/mol. The summed E-state index contributed by atoms with van der Waals surface area (Å²) >= 11 is 6.48. The first-order valence-electron chi connectivity index (χ1n) is 12.1. The molecule has 0 amide bonds. The van der Waals surface area contributed by atoms with Crippen LogP contribution >= 0.6 is 19.2 Å². The highest BCUT2D eigenvalue weighted by Crippen LogP contribution is 2.34. The first kappa shape index (κ1) is 27.5. The number of halogens is 1. The fourth-order valence-electron chi connectivity index (χ4n) is 4.00. The van der Waals surface area contributed by atoms with E-state index < -0.39 is 7.60 Å². The van der Waals surface area contributed by atoms with Gasteiger partial charge in [0.25, 0.3) is 0 Å². The van der Waals surface area contributed by atoms with Gasteiger partial charge in [0, 0.05) is 29.4 Å². The van der Waals surface area contributed by atoms with Gasteiger partial charge in [0.05, 0.1) is 12.4 Å². The number of benzene rings is 2. The van der Waals surface area contributed by atoms with Crippen molar-refractivity contribution in [1.29, 1.82) is 0 Å². The SMILES string of the molecule is CC(C)Cc1ccc(CCCNc2ccc(CNCCCP(=O)(O)O)cc2-c2ccco2)cc1Cl. The van der Waals surface area contributed by atoms with Crippen LogP contribution in [-0.4, -0.2) is 29.0 Å². The Balaban J connectivity index is 1.55. The molecular weight excluding hydrogens is 483 g/mol. The second kappa shape index (κ2) is 13.3. The van der Waals surface area contributed by atoms with E-state index in [1.54, 1.807) is 6.26 Å². The standard InChI is InChI=1S/C27H36ClN2O4P/c1-20(2)16-23-10-8-21(18-25(23)28)6-3-13-30-26-11-9-22(17-24(26)27-7-4-14-34-27)19-29-12-5-15-35(31,32)33/h4,7-11,14,17-18,20,29-30H,3,5-6,12-13,15-16,19H2,1-2H3,(H2,31,32,33). The van der Waals surface area contributed by atoms with E-state index in [1.807, 2.05) is 12.1 Å². The van der Waals surface area contributed by atoms with Crippen molar-refractivity contribution in [3.8, 4) is 11.3 Å². The average Bonchev–Trinajstić information content (AvgIpc) is 3.32. The van der Waals surface area contributed by atoms with Crippen LogP contribution in [0.3, 0.4) is 0 Å². The van der Waals surface area contributed by atoms with E-state index in [1.165, 1.54) is 11.1 Å². The molecule has 4 N–H and O–H groups in total. The van der Waals surface area contributed by atoms with E-state index in [0.29, 0.717) is 25.4 Å². The quantitative estimate of drug-likeness (QED) is 0.144. The lowest BCUT2D eigenvalue weighted by Gasteiger charge is -2.14. The third kappa shape index (κ3) is 9.47. The molecule has 0 atom stereocenters. The summed E-state index contributed by atoms with van der Waals surface area (Å²) in [5, 5.41) is 7.65. The summed E-state index contributed by atoms with van der Waals surface area (Å²) in [4.78, 5) is 17.9. The third-order valence-electron chi connectivity index (χ3n) is 5.71. The average molecular weight is 519 g/mol. The predicted octanol–water partition coefficient (Wildman–Crippen LogP) is 6.50. The molecule has 0 spiro atoms. The summed E-state index contributed by atoms with van der Waals surface area (Å²) in [5.41, 5.74) is 5.54. The number of hydrogen-bond acceptors (Lipinski definition) is 4. The summed E-state index contributed by atoms with van der Waals surface area (Å²) in [7, 11) is -3.94. The van der Waals surface area contributed by atoms with Crippen LogP contribution in [0.25, 0.3) is 11.3 Å². The molecule has 0 fully saturated rings. The maximum Gasteiger partial charge on any atom is 0.325 e. The highest BCUT2D eigenvalue weighted by Gasteiger charge is 2.12. The van der Waals surface area contributed by atoms with Crippen molar-refractivity contribution in [1.82, 2.24) is 5.32 Å². The maximum absolute atomic E-state index is 11.0. The first-order chi connectivity index (χ1) is 16.7. The Hall–Kier alpha value is -2.08. The van der Waals surface area contributed by atoms with Crippen molar-refractivity contribution in [2.75, 3.05) is 24.6 Å². The van der Waals surface area contributed by atoms with Crippen LogP contribution in [-0.2, 0) is 24.0 Å². The van der Waals surface area contributed by atoms with E-state index in [-0.39, 0.29) is 6.16 Å². The van der Waals surface area contributed by atoms with Gasteiger partial charge in [-0.3, -0.25) is 4.57 Å². The zero-order chi connectivity index (χ0) is 25.3. The molecule has 0 bridgehead atoms. The summed E-state index contributed by atoms with van der Waals surface area (Å²) in [5.74, 6) is 1.38. The highest BCUT2D eigenvalue weighted by atomic mass is 35.5. The summed E-state index contributed by atoms with van der Waals surface area (Å²) in [6, 6.07) is 16.4. The minimum absolute atomic E-state index is 0.102. The lowest BCUT2D eigenvalue weighted by molar-refractivity contribution is 0.371. The van der Waals surface area contributed by atoms with Crippen molar-refractivity contribution in [3.05, 3.63) is 76.5 Å². The topological polar surface area (TPSA) is 94.7 Å². The molecule has 0 saturated carbocycles. The molecule has 3 aromatic rings. The van der Waals surface area contributed by atoms with Crippen LogP contribution in [0.2, 0.25) is 5.02 Å². The number of aryl methyl sites for hydroxylation is 1. The number of anilines is 1. The molecule has 190 valence electrons. The molecule has 35 heavy (non-hydrogen) atoms. The Morgan fingerprint density at radius 2 is 1.83 bits per heavy atom. The van der Waals surface area contributed by atoms with Gasteiger partial charge in [-0.2, -0.15) is 0 Å². The molecule has 8 heteroatoms. The lowest BCUT2D eigenvalue weighted by atomic mass is 10.00. The lowest BCUT2D eigenvalue weighted by Crippen LogP contribution is -2.16. The largest absolute Gasteiger partial charge is 0.464 e. The van der Waals surface area contributed by atoms with E-state index in [0.717, 1.165) is 53.4 Å². The molecule has 0 aliphatic rings. The molecule has 2 aromatic carbocycles. The molecule has 0 aliphatic carbocycles. The fraction of sp³-hybridized carbons (Fsp3) is 0.407. The highest BCUT2D eigenvalue weighted by molar-refractivity contribution is 7.51. The fourth-order valence-corrected chi connectivity index (χ4v) is 4.85. The Morgan fingerprint density at radius 1 is 1.03 bits per heavy atom. The molecule has 1 heterocycles. The first-order valence-corrected chi connectivity index (χ1v) is 14.3. The summed E-state index contributed by atoms with van der Waals surface area (Å²) in [6.07, 6.45) is 4.91. The van der Waals surface area contributed by atoms with Crippen molar-refractivity contribution in [2.24, 2.45) is 5.92 Å². The van der Waals surface area contributed by atoms with Gasteiger partial charge in [-0.05, 0) is 85.2 Å². The number of hydrogen-bond donors (Lipinski definition) is 4. The molecule has 6 nitrogen and oxygen atoms in total. The van der Waals surface area contributed by atoms with Gasteiger partial charge < -0.3 is 24.8 Å². The molecule has 3 rings (SSSR count). The normalized spacial score (nSPS) is 11.8. The van der Waals surface area contributed by atoms with Gasteiger partial charge in [-0.25, -0.2) is 0 Å². The smallest absolute Gasteiger partial charge is 0.325 e. The van der Waals surface area contributed by atoms with Crippen molar-refractivity contribution in [2.45, 2.75) is 46.1 Å². The Bertz CT molecular complexity index is 1110. The molecule has 1 aromatic heterocycles. The molecule has 0 aliphatic heterocycles. The second-order valence-corrected chi connectivity index (χ2v) is 11.5. The van der Waals surface area contributed by atoms with Gasteiger partial charge in [0.2, 0.25) is 0 Å². The van der Waals surface area contributed by atoms with Gasteiger partial charge >= 0.3 is 7.60 Å². The minimum Gasteiger partial charge on any atom is -0.464 e. The van der Waals surface area contributed by atoms with E-state index in [9.17, 15) is 4.57 Å². The molecule has 0 radical (unpaired) electrons. The second-order valence-electron chi connectivity index (χ2n) is 9.33. The molecule has 0 unspecified atom stereocenters. The summed E-state index contributed by atoms with van der Waals surface area (Å²) < 4.78 is 16.6. The van der Waals surface area contributed by atoms with Crippen molar-refractivity contribution < 1.29 is 18.8 Å². The zero-order valence-electron chi connectivity index (χ0n) is 20.5. The number of nitrogens with one attached hydrogen (secondary N) is 2. The number of rotatable bonds is 14. The third-order valence-corrected chi connectivity index (χ3v) is 6.96. The van der Waals surface area contributed by atoms with Crippen LogP contribution in [0.15, 0.2) is 59.2 Å². The van der Waals surface area contributed by atoms with Gasteiger partial charge in [-0.1, -0.05) is 43.6 Å². The van der Waals surface area contributed by atoms with Gasteiger partial charge in [0.1, 0.15) is 5.76 Å². The monoisotopic (exact) mass is 518 g/mol. The van der Waals surface area contributed by atoms with Crippen LogP contribution in [0.5, 0.6) is 0 Å². The van der Waals surface area contributed by atoms with E-state index in [2.05, 4.69) is 60.9 Å². The zero-order valence-corrected chi connectivity index (χ0v) is 22.1. The van der Waals surface area contributed by atoms with Gasteiger partial charge in [0.15, 0.2) is 0 Å². The molecular formula is C27H36ClN2O4P. The van der Waals surface area contributed by atoms with Crippen molar-refractivity contribution in [3.63, 3.8) is 0 Å². The Labute approximate surface area is 213 Å². The maximum atomic E-state index is 11.0. The van der Waals surface area contributed by atoms with E-state index >= 15 is 0 Å². The van der Waals surface area contributed by atoms with E-state index in [4.69, 9.17) is 25.8 Å². The van der Waals surface area contributed by atoms with Crippen LogP contribution < -0.4 is 10.6 Å². The Kier molecular flexibility index (Phi) is 10.4. The van der Waals surface area contributed by atoms with Crippen LogP contribution in [0.1, 0.15) is 43.4 Å². The molecule has 0 saturated heterocycles. The van der Waals surface area contributed by atoms with Crippen LogP contribution in [0.4, 0.5) is 5.69 Å². The number of furan rings is 1.